The number of aromatic nitrogens is 2. The van der Waals surface area contributed by atoms with Crippen molar-refractivity contribution in [2.75, 3.05) is 63.1 Å². The van der Waals surface area contributed by atoms with Crippen molar-refractivity contribution in [2.24, 2.45) is 0 Å². The van der Waals surface area contributed by atoms with Crippen LogP contribution in [-0.4, -0.2) is 89.8 Å². The van der Waals surface area contributed by atoms with E-state index in [0.29, 0.717) is 19.1 Å². The lowest BCUT2D eigenvalue weighted by molar-refractivity contribution is -0.129. The number of carbonyl (C=O) groups excluding carboxylic acids is 1. The Kier molecular flexibility index (Phi) is 12.0. The largest absolute Gasteiger partial charge is 0.494 e. The van der Waals surface area contributed by atoms with Crippen molar-refractivity contribution in [3.63, 3.8) is 0 Å². The van der Waals surface area contributed by atoms with Gasteiger partial charge in [-0.3, -0.25) is 14.9 Å². The van der Waals surface area contributed by atoms with Crippen molar-refractivity contribution in [3.05, 3.63) is 54.1 Å². The van der Waals surface area contributed by atoms with Crippen molar-refractivity contribution in [1.82, 2.24) is 25.2 Å². The number of nitrogens with one attached hydrogen (secondary N) is 2. The maximum atomic E-state index is 11.1. The maximum Gasteiger partial charge on any atom is 0.243 e. The van der Waals surface area contributed by atoms with Crippen molar-refractivity contribution in [3.8, 4) is 5.75 Å². The Labute approximate surface area is 261 Å². The van der Waals surface area contributed by atoms with Crippen molar-refractivity contribution in [1.29, 1.82) is 0 Å². The molecular formula is C34H49N7O3. The van der Waals surface area contributed by atoms with Crippen LogP contribution in [0.5, 0.6) is 5.75 Å². The molecule has 2 aliphatic heterocycles. The van der Waals surface area contributed by atoms with E-state index in [-0.39, 0.29) is 5.91 Å². The van der Waals surface area contributed by atoms with E-state index in [4.69, 9.17) is 19.9 Å². The SMILES string of the molecule is CN1CCCN(c2nc(NC3CCN(Cc4ccccc4)CC3)c3ccc(OCCCCCCCC(=O)NO)cc3n2)CC1. The standard InChI is InChI=1S/C34H49N7O3/c1-39-18-10-19-41(23-22-39)34-36-31-25-29(44-24-9-4-2-3-8-13-32(42)38-43)14-15-30(31)33(37-34)35-28-16-20-40(21-17-28)26-27-11-6-5-7-12-27/h5-7,11-12,14-15,25,28,43H,2-4,8-10,13,16-24,26H2,1H3,(H,38,42)(H,35,36,37). The topological polar surface area (TPSA) is 106 Å². The molecule has 44 heavy (non-hydrogen) atoms. The molecule has 0 radical (unpaired) electrons. The number of benzene rings is 2. The van der Waals surface area contributed by atoms with Crippen LogP contribution in [0.2, 0.25) is 0 Å². The number of anilines is 2. The maximum absolute atomic E-state index is 11.1. The molecule has 0 aliphatic carbocycles. The number of ether oxygens (including phenoxy) is 1. The first-order valence-electron chi connectivity index (χ1n) is 16.4. The monoisotopic (exact) mass is 603 g/mol. The smallest absolute Gasteiger partial charge is 0.243 e. The molecule has 0 bridgehead atoms. The Morgan fingerprint density at radius 2 is 1.73 bits per heavy atom. The Hall–Kier alpha value is -3.47. The summed E-state index contributed by atoms with van der Waals surface area (Å²) in [4.78, 5) is 28.6. The Balaban J connectivity index is 1.21. The molecule has 0 spiro atoms. The highest BCUT2D eigenvalue weighted by molar-refractivity contribution is 5.91. The van der Waals surface area contributed by atoms with E-state index in [9.17, 15) is 4.79 Å². The molecule has 3 heterocycles. The van der Waals surface area contributed by atoms with Crippen LogP contribution in [0.15, 0.2) is 48.5 Å². The number of fused-ring (bicyclic) bond motifs is 1. The van der Waals surface area contributed by atoms with Gasteiger partial charge in [0.25, 0.3) is 0 Å². The van der Waals surface area contributed by atoms with Gasteiger partial charge < -0.3 is 19.9 Å². The summed E-state index contributed by atoms with van der Waals surface area (Å²) in [5.74, 6) is 2.23. The van der Waals surface area contributed by atoms with Gasteiger partial charge in [-0.2, -0.15) is 4.98 Å². The van der Waals surface area contributed by atoms with E-state index in [1.807, 2.05) is 6.07 Å². The normalized spacial score (nSPS) is 17.0. The van der Waals surface area contributed by atoms with E-state index < -0.39 is 0 Å². The third-order valence-electron chi connectivity index (χ3n) is 8.78. The van der Waals surface area contributed by atoms with Crippen molar-refractivity contribution >= 4 is 28.6 Å². The number of amides is 1. The predicted octanol–water partition coefficient (Wildman–Crippen LogP) is 5.07. The first-order valence-corrected chi connectivity index (χ1v) is 16.4. The molecule has 238 valence electrons. The molecule has 1 amide bonds. The van der Waals surface area contributed by atoms with Crippen LogP contribution in [0.3, 0.4) is 0 Å². The van der Waals surface area contributed by atoms with Crippen LogP contribution in [0.25, 0.3) is 10.9 Å². The highest BCUT2D eigenvalue weighted by Gasteiger charge is 2.22. The van der Waals surface area contributed by atoms with Gasteiger partial charge >= 0.3 is 0 Å². The summed E-state index contributed by atoms with van der Waals surface area (Å²) in [6.45, 7) is 7.74. The molecule has 2 aliphatic rings. The second kappa shape index (κ2) is 16.6. The number of hydrogen-bond acceptors (Lipinski definition) is 9. The molecule has 5 rings (SSSR count). The summed E-state index contributed by atoms with van der Waals surface area (Å²) in [7, 11) is 2.18. The van der Waals surface area contributed by atoms with Crippen LogP contribution in [0, 0.1) is 0 Å². The molecule has 3 aromatic rings. The van der Waals surface area contributed by atoms with E-state index in [2.05, 4.69) is 69.5 Å². The molecule has 0 atom stereocenters. The second-order valence-electron chi connectivity index (χ2n) is 12.3. The van der Waals surface area contributed by atoms with Crippen LogP contribution in [0.1, 0.15) is 63.4 Å². The second-order valence-corrected chi connectivity index (χ2v) is 12.3. The van der Waals surface area contributed by atoms with Gasteiger partial charge in [0, 0.05) is 63.2 Å². The molecular weight excluding hydrogens is 554 g/mol. The highest BCUT2D eigenvalue weighted by atomic mass is 16.5. The first-order chi connectivity index (χ1) is 21.6. The van der Waals surface area contributed by atoms with Crippen LogP contribution in [-0.2, 0) is 11.3 Å². The molecule has 1 aromatic heterocycles. The van der Waals surface area contributed by atoms with E-state index in [0.717, 1.165) is 126 Å². The average molecular weight is 604 g/mol. The molecule has 2 aromatic carbocycles. The van der Waals surface area contributed by atoms with Crippen LogP contribution >= 0.6 is 0 Å². The zero-order valence-electron chi connectivity index (χ0n) is 26.2. The highest BCUT2D eigenvalue weighted by Crippen LogP contribution is 2.29. The predicted molar refractivity (Wildman–Crippen MR) is 175 cm³/mol. The van der Waals surface area contributed by atoms with E-state index in [1.165, 1.54) is 5.56 Å². The first kappa shape index (κ1) is 31.9. The van der Waals surface area contributed by atoms with Crippen LogP contribution < -0.4 is 20.4 Å². The average Bonchev–Trinajstić information content (AvgIpc) is 3.27. The van der Waals surface area contributed by atoms with E-state index >= 15 is 0 Å². The van der Waals surface area contributed by atoms with Crippen molar-refractivity contribution < 1.29 is 14.7 Å². The summed E-state index contributed by atoms with van der Waals surface area (Å²) in [5.41, 5.74) is 3.97. The number of hydrogen-bond donors (Lipinski definition) is 3. The number of nitrogens with zero attached hydrogens (tertiary/aromatic N) is 5. The van der Waals surface area contributed by atoms with Crippen LogP contribution in [0.4, 0.5) is 11.8 Å². The molecule has 2 saturated heterocycles. The van der Waals surface area contributed by atoms with Gasteiger partial charge in [-0.15, -0.1) is 0 Å². The summed E-state index contributed by atoms with van der Waals surface area (Å²) in [6.07, 6.45) is 8.43. The van der Waals surface area contributed by atoms with Gasteiger partial charge in [0.2, 0.25) is 11.9 Å². The van der Waals surface area contributed by atoms with Gasteiger partial charge in [0.05, 0.1) is 12.1 Å². The molecule has 3 N–H and O–H groups in total. The molecule has 0 unspecified atom stereocenters. The Bertz CT molecular complexity index is 1320. The lowest BCUT2D eigenvalue weighted by Gasteiger charge is -2.33. The minimum Gasteiger partial charge on any atom is -0.494 e. The van der Waals surface area contributed by atoms with Gasteiger partial charge in [-0.1, -0.05) is 49.6 Å². The fourth-order valence-electron chi connectivity index (χ4n) is 6.12. The molecule has 2 fully saturated rings. The summed E-state index contributed by atoms with van der Waals surface area (Å²) < 4.78 is 6.14. The summed E-state index contributed by atoms with van der Waals surface area (Å²) in [6, 6.07) is 17.3. The number of likely N-dealkylation sites (N-methyl/N-ethyl adjacent to an activating group) is 1. The lowest BCUT2D eigenvalue weighted by Crippen LogP contribution is -2.39. The van der Waals surface area contributed by atoms with E-state index in [1.54, 1.807) is 5.48 Å². The van der Waals surface area contributed by atoms with Gasteiger partial charge in [-0.25, -0.2) is 10.5 Å². The number of carbonyl (C=O) groups is 1. The number of unbranched alkanes of at least 4 members (excludes halogenated alkanes) is 4. The zero-order chi connectivity index (χ0) is 30.6. The molecule has 0 saturated carbocycles. The summed E-state index contributed by atoms with van der Waals surface area (Å²) >= 11 is 0. The third kappa shape index (κ3) is 9.51. The van der Waals surface area contributed by atoms with Gasteiger partial charge in [0.15, 0.2) is 0 Å². The lowest BCUT2D eigenvalue weighted by atomic mass is 10.0. The minimum absolute atomic E-state index is 0.317. The fraction of sp³-hybridized carbons (Fsp3) is 0.559. The third-order valence-corrected chi connectivity index (χ3v) is 8.78. The Morgan fingerprint density at radius 1 is 0.932 bits per heavy atom. The fourth-order valence-corrected chi connectivity index (χ4v) is 6.12. The number of piperidine rings is 1. The Morgan fingerprint density at radius 3 is 2.55 bits per heavy atom. The zero-order valence-corrected chi connectivity index (χ0v) is 26.2. The molecule has 10 heteroatoms. The van der Waals surface area contributed by atoms with Gasteiger partial charge in [-0.05, 0) is 63.4 Å². The number of hydroxylamine groups is 1. The summed E-state index contributed by atoms with van der Waals surface area (Å²) in [5, 5.41) is 13.4. The minimum atomic E-state index is -0.317. The van der Waals surface area contributed by atoms with Crippen molar-refractivity contribution in [2.45, 2.75) is 70.4 Å². The quantitative estimate of drug-likeness (QED) is 0.132. The number of likely N-dealkylation sites (tertiary alicyclic amines) is 1. The van der Waals surface area contributed by atoms with Gasteiger partial charge in [0.1, 0.15) is 11.6 Å². The molecule has 10 nitrogen and oxygen atoms in total. The number of rotatable bonds is 14.